The van der Waals surface area contributed by atoms with Crippen molar-refractivity contribution < 1.29 is 39.5 Å². The molecule has 0 radical (unpaired) electrons. The van der Waals surface area contributed by atoms with E-state index in [2.05, 4.69) is 0 Å². The van der Waals surface area contributed by atoms with E-state index in [0.717, 1.165) is 0 Å². The average Bonchev–Trinajstić information content (AvgIpc) is 2.42. The predicted molar refractivity (Wildman–Crippen MR) is 71.6 cm³/mol. The van der Waals surface area contributed by atoms with E-state index in [1.165, 1.54) is 6.92 Å². The Morgan fingerprint density at radius 2 is 1.43 bits per heavy atom. The molecule has 1 rings (SSSR count). The van der Waals surface area contributed by atoms with Gasteiger partial charge in [0.15, 0.2) is 5.79 Å². The van der Waals surface area contributed by atoms with Gasteiger partial charge in [0, 0.05) is 0 Å². The number of carboxylic acid groups (broad SMARTS) is 2. The first kappa shape index (κ1) is 19.8. The fraction of sp³-hybridized carbons (Fsp3) is 0.846. The quantitative estimate of drug-likeness (QED) is 0.567. The highest BCUT2D eigenvalue weighted by Crippen LogP contribution is 2.29. The van der Waals surface area contributed by atoms with Gasteiger partial charge in [-0.2, -0.15) is 0 Å². The fourth-order valence-electron chi connectivity index (χ4n) is 1.06. The number of hydrogen-bond acceptors (Lipinski definition) is 6. The van der Waals surface area contributed by atoms with Gasteiger partial charge in [0.05, 0.1) is 26.4 Å². The molecule has 1 heterocycles. The zero-order valence-electron chi connectivity index (χ0n) is 12.8. The molecular formula is C13H24O8. The fourth-order valence-corrected chi connectivity index (χ4v) is 1.06. The van der Waals surface area contributed by atoms with E-state index in [-0.39, 0.29) is 13.2 Å². The molecule has 0 aromatic carbocycles. The minimum atomic E-state index is -1.39. The summed E-state index contributed by atoms with van der Waals surface area (Å²) in [6.07, 6.45) is 0. The summed E-state index contributed by atoms with van der Waals surface area (Å²) in [5.74, 6) is -2.71. The lowest BCUT2D eigenvalue weighted by atomic mass is 9.92. The van der Waals surface area contributed by atoms with Gasteiger partial charge in [-0.1, -0.05) is 0 Å². The van der Waals surface area contributed by atoms with Crippen molar-refractivity contribution in [2.24, 2.45) is 10.8 Å². The number of carbonyl (C=O) groups is 2. The average molecular weight is 308 g/mol. The third-order valence-electron chi connectivity index (χ3n) is 3.21. The zero-order chi connectivity index (χ0) is 16.9. The SMILES string of the molecule is CC(CO)(CO)C(=O)O.CC1(C)OCC(C)(C(=O)O)CO1. The second-order valence-corrected chi connectivity index (χ2v) is 6.03. The van der Waals surface area contributed by atoms with Crippen molar-refractivity contribution >= 4 is 11.9 Å². The molecule has 0 atom stereocenters. The maximum absolute atomic E-state index is 10.7. The van der Waals surface area contributed by atoms with E-state index >= 15 is 0 Å². The van der Waals surface area contributed by atoms with Gasteiger partial charge in [0.25, 0.3) is 0 Å². The van der Waals surface area contributed by atoms with Crippen LogP contribution in [0.2, 0.25) is 0 Å². The second kappa shape index (κ2) is 7.17. The van der Waals surface area contributed by atoms with E-state index < -0.39 is 41.8 Å². The summed E-state index contributed by atoms with van der Waals surface area (Å²) in [5.41, 5.74) is -2.28. The van der Waals surface area contributed by atoms with Crippen LogP contribution in [-0.4, -0.2) is 64.6 Å². The first-order chi connectivity index (χ1) is 9.42. The Morgan fingerprint density at radius 1 is 1.05 bits per heavy atom. The molecule has 0 bridgehead atoms. The van der Waals surface area contributed by atoms with Crippen molar-refractivity contribution in [1.29, 1.82) is 0 Å². The second-order valence-electron chi connectivity index (χ2n) is 6.03. The van der Waals surface area contributed by atoms with Gasteiger partial charge >= 0.3 is 11.9 Å². The third-order valence-corrected chi connectivity index (χ3v) is 3.21. The maximum Gasteiger partial charge on any atom is 0.314 e. The maximum atomic E-state index is 10.7. The van der Waals surface area contributed by atoms with E-state index in [0.29, 0.717) is 0 Å². The molecule has 1 fully saturated rings. The first-order valence-electron chi connectivity index (χ1n) is 6.39. The lowest BCUT2D eigenvalue weighted by molar-refractivity contribution is -0.280. The summed E-state index contributed by atoms with van der Waals surface area (Å²) >= 11 is 0. The molecule has 8 nitrogen and oxygen atoms in total. The first-order valence-corrected chi connectivity index (χ1v) is 6.39. The monoisotopic (exact) mass is 308 g/mol. The summed E-state index contributed by atoms with van der Waals surface area (Å²) < 4.78 is 10.5. The molecule has 1 saturated heterocycles. The molecule has 8 heteroatoms. The minimum absolute atomic E-state index is 0.204. The Balaban J connectivity index is 0.000000400. The van der Waals surface area contributed by atoms with Crippen LogP contribution in [-0.2, 0) is 19.1 Å². The highest BCUT2D eigenvalue weighted by atomic mass is 16.7. The van der Waals surface area contributed by atoms with Crippen LogP contribution in [0.3, 0.4) is 0 Å². The van der Waals surface area contributed by atoms with E-state index in [9.17, 15) is 9.59 Å². The van der Waals surface area contributed by atoms with E-state index in [4.69, 9.17) is 29.9 Å². The Bertz CT molecular complexity index is 362. The highest BCUT2D eigenvalue weighted by Gasteiger charge is 2.42. The molecule has 0 amide bonds. The zero-order valence-corrected chi connectivity index (χ0v) is 12.8. The molecule has 0 aromatic rings. The predicted octanol–water partition coefficient (Wildman–Crippen LogP) is -0.0779. The van der Waals surface area contributed by atoms with Gasteiger partial charge in [-0.05, 0) is 27.7 Å². The lowest BCUT2D eigenvalue weighted by Gasteiger charge is -2.38. The summed E-state index contributed by atoms with van der Waals surface area (Å²) in [6, 6.07) is 0. The summed E-state index contributed by atoms with van der Waals surface area (Å²) in [6.45, 7) is 5.76. The number of ether oxygens (including phenoxy) is 2. The van der Waals surface area contributed by atoms with Gasteiger partial charge < -0.3 is 29.9 Å². The molecule has 1 aliphatic rings. The van der Waals surface area contributed by atoms with Crippen molar-refractivity contribution in [3.8, 4) is 0 Å². The topological polar surface area (TPSA) is 134 Å². The van der Waals surface area contributed by atoms with Crippen LogP contribution in [0, 0.1) is 10.8 Å². The molecular weight excluding hydrogens is 284 g/mol. The van der Waals surface area contributed by atoms with E-state index in [1.807, 2.05) is 0 Å². The molecule has 0 saturated carbocycles. The number of aliphatic hydroxyl groups excluding tert-OH is 2. The number of carboxylic acids is 2. The smallest absolute Gasteiger partial charge is 0.314 e. The number of aliphatic hydroxyl groups is 2. The Kier molecular flexibility index (Phi) is 6.75. The number of hydrogen-bond donors (Lipinski definition) is 4. The number of rotatable bonds is 4. The van der Waals surface area contributed by atoms with Crippen molar-refractivity contribution in [2.45, 2.75) is 33.5 Å². The minimum Gasteiger partial charge on any atom is -0.481 e. The van der Waals surface area contributed by atoms with Gasteiger partial charge in [0.1, 0.15) is 10.8 Å². The molecule has 1 aliphatic heterocycles. The van der Waals surface area contributed by atoms with Crippen LogP contribution in [0.1, 0.15) is 27.7 Å². The van der Waals surface area contributed by atoms with Crippen molar-refractivity contribution in [1.82, 2.24) is 0 Å². The lowest BCUT2D eigenvalue weighted by Crippen LogP contribution is -2.48. The van der Waals surface area contributed by atoms with Crippen LogP contribution in [0.4, 0.5) is 0 Å². The van der Waals surface area contributed by atoms with Gasteiger partial charge in [-0.15, -0.1) is 0 Å². The Labute approximate surface area is 123 Å². The summed E-state index contributed by atoms with van der Waals surface area (Å²) in [4.78, 5) is 20.9. The molecule has 0 unspecified atom stereocenters. The van der Waals surface area contributed by atoms with Crippen LogP contribution >= 0.6 is 0 Å². The molecule has 21 heavy (non-hydrogen) atoms. The van der Waals surface area contributed by atoms with E-state index in [1.54, 1.807) is 20.8 Å². The van der Waals surface area contributed by atoms with Crippen molar-refractivity contribution in [3.63, 3.8) is 0 Å². The summed E-state index contributed by atoms with van der Waals surface area (Å²) in [5, 5.41) is 33.9. The molecule has 124 valence electrons. The van der Waals surface area contributed by atoms with Crippen LogP contribution in [0.15, 0.2) is 0 Å². The number of aliphatic carboxylic acids is 2. The van der Waals surface area contributed by atoms with Crippen LogP contribution in [0.5, 0.6) is 0 Å². The molecule has 0 spiro atoms. The Hall–Kier alpha value is -1.22. The van der Waals surface area contributed by atoms with Gasteiger partial charge in [-0.25, -0.2) is 0 Å². The summed E-state index contributed by atoms with van der Waals surface area (Å²) in [7, 11) is 0. The van der Waals surface area contributed by atoms with Crippen molar-refractivity contribution in [2.75, 3.05) is 26.4 Å². The van der Waals surface area contributed by atoms with Crippen LogP contribution in [0.25, 0.3) is 0 Å². The van der Waals surface area contributed by atoms with Gasteiger partial charge in [-0.3, -0.25) is 9.59 Å². The van der Waals surface area contributed by atoms with Gasteiger partial charge in [0.2, 0.25) is 0 Å². The Morgan fingerprint density at radius 3 is 1.62 bits per heavy atom. The van der Waals surface area contributed by atoms with Crippen molar-refractivity contribution in [3.05, 3.63) is 0 Å². The van der Waals surface area contributed by atoms with Crippen LogP contribution < -0.4 is 0 Å². The molecule has 0 aromatic heterocycles. The normalized spacial score (nSPS) is 20.1. The third kappa shape index (κ3) is 5.58. The largest absolute Gasteiger partial charge is 0.481 e. The molecule has 4 N–H and O–H groups in total. The highest BCUT2D eigenvalue weighted by molar-refractivity contribution is 5.74. The standard InChI is InChI=1S/C8H14O4.C5H10O4/c1-7(2)11-4-8(3,5-12-7)6(9)10;1-5(2-6,3-7)4(8)9/h4-5H2,1-3H3,(H,9,10);6-7H,2-3H2,1H3,(H,8,9). The molecule has 0 aliphatic carbocycles.